The van der Waals surface area contributed by atoms with Gasteiger partial charge in [-0.2, -0.15) is 0 Å². The van der Waals surface area contributed by atoms with E-state index in [4.69, 9.17) is 9.47 Å². The lowest BCUT2D eigenvalue weighted by molar-refractivity contribution is -0.00509. The zero-order chi connectivity index (χ0) is 22.7. The van der Waals surface area contributed by atoms with E-state index in [9.17, 15) is 0 Å². The fourth-order valence-electron chi connectivity index (χ4n) is 6.15. The van der Waals surface area contributed by atoms with E-state index in [1.165, 1.54) is 42.6 Å². The number of hydrogen-bond acceptors (Lipinski definition) is 4. The van der Waals surface area contributed by atoms with Gasteiger partial charge in [-0.1, -0.05) is 66.7 Å². The van der Waals surface area contributed by atoms with Crippen molar-refractivity contribution >= 4 is 0 Å². The van der Waals surface area contributed by atoms with Crippen LogP contribution in [-0.2, 0) is 6.54 Å². The van der Waals surface area contributed by atoms with Gasteiger partial charge in [-0.25, -0.2) is 0 Å². The Bertz CT molecular complexity index is 1060. The number of rotatable bonds is 8. The molecule has 3 heterocycles. The van der Waals surface area contributed by atoms with Crippen molar-refractivity contribution < 1.29 is 9.47 Å². The highest BCUT2D eigenvalue weighted by Gasteiger charge is 2.52. The molecule has 2 atom stereocenters. The summed E-state index contributed by atoms with van der Waals surface area (Å²) in [5.41, 5.74) is 3.69. The van der Waals surface area contributed by atoms with Crippen LogP contribution in [0.2, 0.25) is 0 Å². The summed E-state index contributed by atoms with van der Waals surface area (Å²) in [4.78, 5) is 2.64. The summed E-state index contributed by atoms with van der Waals surface area (Å²) in [7, 11) is 3.54. The molecule has 0 aliphatic carbocycles. The predicted molar refractivity (Wildman–Crippen MR) is 133 cm³/mol. The van der Waals surface area contributed by atoms with Crippen molar-refractivity contribution in [1.82, 2.24) is 10.2 Å². The maximum absolute atomic E-state index is 5.90. The Morgan fingerprint density at radius 3 is 2.15 bits per heavy atom. The largest absolute Gasteiger partial charge is 0.496 e. The lowest BCUT2D eigenvalue weighted by atomic mass is 9.62. The zero-order valence-corrected chi connectivity index (χ0v) is 19.7. The zero-order valence-electron chi connectivity index (χ0n) is 19.7. The predicted octanol–water partition coefficient (Wildman–Crippen LogP) is 5.09. The number of nitrogens with zero attached hydrogens (tertiary/aromatic N) is 1. The number of para-hydroxylation sites is 2. The molecule has 4 heteroatoms. The van der Waals surface area contributed by atoms with Crippen LogP contribution >= 0.6 is 0 Å². The number of fused-ring (bicyclic) bond motifs is 3. The van der Waals surface area contributed by atoms with E-state index in [1.54, 1.807) is 14.2 Å². The molecule has 0 spiro atoms. The van der Waals surface area contributed by atoms with Gasteiger partial charge in [-0.05, 0) is 49.5 Å². The van der Waals surface area contributed by atoms with Crippen molar-refractivity contribution in [3.05, 3.63) is 95.6 Å². The summed E-state index contributed by atoms with van der Waals surface area (Å²) in [6.07, 6.45) is 2.44. The molecule has 3 aromatic carbocycles. The molecule has 2 bridgehead atoms. The number of nitrogens with one attached hydrogen (secondary N) is 1. The topological polar surface area (TPSA) is 33.7 Å². The van der Waals surface area contributed by atoms with Crippen molar-refractivity contribution in [3.63, 3.8) is 0 Å². The molecule has 0 radical (unpaired) electrons. The Hall–Kier alpha value is -2.82. The molecule has 3 fully saturated rings. The van der Waals surface area contributed by atoms with Crippen LogP contribution in [0.5, 0.6) is 11.5 Å². The molecule has 3 aliphatic heterocycles. The van der Waals surface area contributed by atoms with Gasteiger partial charge in [-0.15, -0.1) is 0 Å². The second kappa shape index (κ2) is 9.58. The fraction of sp³-hybridized carbons (Fsp3) is 0.379. The average Bonchev–Trinajstić information content (AvgIpc) is 2.89. The SMILES string of the molecule is COc1ccccc1CNC1(C(c2ccccc2)c2ccccc2OC)CN2CCC1CC2. The molecule has 0 aromatic heterocycles. The summed E-state index contributed by atoms with van der Waals surface area (Å²) in [5, 5.41) is 4.13. The maximum Gasteiger partial charge on any atom is 0.123 e. The van der Waals surface area contributed by atoms with Gasteiger partial charge >= 0.3 is 0 Å². The van der Waals surface area contributed by atoms with E-state index in [0.29, 0.717) is 5.92 Å². The summed E-state index contributed by atoms with van der Waals surface area (Å²) in [6.45, 7) is 4.18. The van der Waals surface area contributed by atoms with Crippen molar-refractivity contribution in [2.45, 2.75) is 30.8 Å². The van der Waals surface area contributed by atoms with Crippen molar-refractivity contribution in [2.75, 3.05) is 33.9 Å². The molecule has 0 amide bonds. The standard InChI is InChI=1S/C29H34N2O2/c1-32-26-14-8-6-12-23(26)20-30-29(21-31-18-16-24(29)17-19-31)28(22-10-4-3-5-11-22)25-13-7-9-15-27(25)33-2/h3-15,24,28,30H,16-21H2,1-2H3. The van der Waals surface area contributed by atoms with E-state index >= 15 is 0 Å². The van der Waals surface area contributed by atoms with E-state index in [2.05, 4.69) is 83.0 Å². The Kier molecular flexibility index (Phi) is 6.39. The minimum Gasteiger partial charge on any atom is -0.496 e. The molecule has 3 saturated heterocycles. The molecule has 3 aliphatic rings. The van der Waals surface area contributed by atoms with Crippen LogP contribution in [0.25, 0.3) is 0 Å². The molecular formula is C29H34N2O2. The monoisotopic (exact) mass is 442 g/mol. The fourth-order valence-corrected chi connectivity index (χ4v) is 6.15. The van der Waals surface area contributed by atoms with Crippen molar-refractivity contribution in [1.29, 1.82) is 0 Å². The Morgan fingerprint density at radius 2 is 1.48 bits per heavy atom. The van der Waals surface area contributed by atoms with E-state index in [0.717, 1.165) is 24.6 Å². The van der Waals surface area contributed by atoms with Crippen LogP contribution < -0.4 is 14.8 Å². The van der Waals surface area contributed by atoms with Gasteiger partial charge in [0.25, 0.3) is 0 Å². The smallest absolute Gasteiger partial charge is 0.123 e. The van der Waals surface area contributed by atoms with Crippen LogP contribution in [0.4, 0.5) is 0 Å². The van der Waals surface area contributed by atoms with Gasteiger partial charge in [0.2, 0.25) is 0 Å². The Labute approximate surface area is 197 Å². The van der Waals surface area contributed by atoms with Gasteiger partial charge in [0.15, 0.2) is 0 Å². The van der Waals surface area contributed by atoms with E-state index < -0.39 is 0 Å². The lowest BCUT2D eigenvalue weighted by Gasteiger charge is -2.57. The summed E-state index contributed by atoms with van der Waals surface area (Å²) >= 11 is 0. The van der Waals surface area contributed by atoms with E-state index in [1.807, 2.05) is 6.07 Å². The van der Waals surface area contributed by atoms with Gasteiger partial charge in [0, 0.05) is 35.7 Å². The minimum absolute atomic E-state index is 0.104. The van der Waals surface area contributed by atoms with Crippen molar-refractivity contribution in [2.24, 2.45) is 5.92 Å². The molecule has 3 aromatic rings. The Morgan fingerprint density at radius 1 is 0.848 bits per heavy atom. The van der Waals surface area contributed by atoms with Gasteiger partial charge < -0.3 is 19.7 Å². The number of ether oxygens (including phenoxy) is 2. The number of piperidine rings is 3. The first kappa shape index (κ1) is 22.0. The van der Waals surface area contributed by atoms with Gasteiger partial charge in [-0.3, -0.25) is 0 Å². The summed E-state index contributed by atoms with van der Waals surface area (Å²) in [5.74, 6) is 2.67. The quantitative estimate of drug-likeness (QED) is 0.527. The molecule has 4 nitrogen and oxygen atoms in total. The van der Waals surface area contributed by atoms with Crippen LogP contribution in [0, 0.1) is 5.92 Å². The number of hydrogen-bond donors (Lipinski definition) is 1. The molecule has 2 unspecified atom stereocenters. The molecule has 0 saturated carbocycles. The first-order chi connectivity index (χ1) is 16.2. The van der Waals surface area contributed by atoms with Crippen LogP contribution in [0.3, 0.4) is 0 Å². The first-order valence-corrected chi connectivity index (χ1v) is 12.0. The number of methoxy groups -OCH3 is 2. The average molecular weight is 443 g/mol. The summed E-state index contributed by atoms with van der Waals surface area (Å²) < 4.78 is 11.6. The van der Waals surface area contributed by atoms with E-state index in [-0.39, 0.29) is 11.5 Å². The summed E-state index contributed by atoms with van der Waals surface area (Å²) in [6, 6.07) is 27.9. The molecule has 1 N–H and O–H groups in total. The van der Waals surface area contributed by atoms with Gasteiger partial charge in [0.05, 0.1) is 14.2 Å². The van der Waals surface area contributed by atoms with Crippen LogP contribution in [-0.4, -0.2) is 44.3 Å². The maximum atomic E-state index is 5.90. The number of benzene rings is 3. The highest BCUT2D eigenvalue weighted by atomic mass is 16.5. The molecular weight excluding hydrogens is 408 g/mol. The van der Waals surface area contributed by atoms with Gasteiger partial charge in [0.1, 0.15) is 11.5 Å². The van der Waals surface area contributed by atoms with Crippen molar-refractivity contribution in [3.8, 4) is 11.5 Å². The highest BCUT2D eigenvalue weighted by molar-refractivity contribution is 5.46. The Balaban J connectivity index is 1.63. The molecule has 33 heavy (non-hydrogen) atoms. The normalized spacial score (nSPS) is 24.9. The highest BCUT2D eigenvalue weighted by Crippen LogP contribution is 2.49. The first-order valence-electron chi connectivity index (χ1n) is 12.0. The molecule has 6 rings (SSSR count). The third-order valence-corrected chi connectivity index (χ3v) is 7.70. The third kappa shape index (κ3) is 4.14. The minimum atomic E-state index is -0.104. The second-order valence-electron chi connectivity index (χ2n) is 9.34. The van der Waals surface area contributed by atoms with Crippen LogP contribution in [0.1, 0.15) is 35.4 Å². The third-order valence-electron chi connectivity index (χ3n) is 7.70. The van der Waals surface area contributed by atoms with Crippen LogP contribution in [0.15, 0.2) is 78.9 Å². The lowest BCUT2D eigenvalue weighted by Crippen LogP contribution is -2.68. The second-order valence-corrected chi connectivity index (χ2v) is 9.34. The molecule has 172 valence electrons.